The molecule has 0 saturated carbocycles. The molecule has 0 spiro atoms. The number of hydrogen-bond donors (Lipinski definition) is 0. The quantitative estimate of drug-likeness (QED) is 0.513. The Hall–Kier alpha value is -2.88. The number of rotatable bonds is 5. The maximum absolute atomic E-state index is 12.6. The van der Waals surface area contributed by atoms with Gasteiger partial charge in [0.2, 0.25) is 0 Å². The summed E-state index contributed by atoms with van der Waals surface area (Å²) in [5, 5.41) is 22.9. The van der Waals surface area contributed by atoms with Gasteiger partial charge >= 0.3 is 0 Å². The molecule has 0 aliphatic carbocycles. The van der Waals surface area contributed by atoms with Crippen LogP contribution in [0.5, 0.6) is 5.75 Å². The van der Waals surface area contributed by atoms with Gasteiger partial charge < -0.3 is 4.74 Å². The highest BCUT2D eigenvalue weighted by atomic mass is 32.2. The standard InChI is InChI=1S/C13H11N5O4S/c1-22-13-10-5-3-2-4-9(10)11(18(19)20)6-12(13)23(21)8-17-7-14-15-16-17/h2-7H,8H2,1H3. The van der Waals surface area contributed by atoms with E-state index >= 15 is 0 Å². The number of nitro groups is 1. The summed E-state index contributed by atoms with van der Waals surface area (Å²) in [7, 11) is -0.180. The van der Waals surface area contributed by atoms with Crippen molar-refractivity contribution < 1.29 is 13.9 Å². The zero-order chi connectivity index (χ0) is 16.4. The number of fused-ring (bicyclic) bond motifs is 1. The number of nitrogens with zero attached hydrogens (tertiary/aromatic N) is 5. The highest BCUT2D eigenvalue weighted by Gasteiger charge is 2.23. The summed E-state index contributed by atoms with van der Waals surface area (Å²) in [4.78, 5) is 11.1. The van der Waals surface area contributed by atoms with Crippen LogP contribution >= 0.6 is 0 Å². The second-order valence-electron chi connectivity index (χ2n) is 4.55. The maximum Gasteiger partial charge on any atom is 0.278 e. The van der Waals surface area contributed by atoms with E-state index in [-0.39, 0.29) is 16.5 Å². The largest absolute Gasteiger partial charge is 0.495 e. The third-order valence-corrected chi connectivity index (χ3v) is 4.52. The van der Waals surface area contributed by atoms with Crippen LogP contribution in [0.1, 0.15) is 0 Å². The van der Waals surface area contributed by atoms with Gasteiger partial charge in [0.05, 0.1) is 33.1 Å². The molecule has 1 aromatic heterocycles. The van der Waals surface area contributed by atoms with Gasteiger partial charge in [-0.2, -0.15) is 0 Å². The molecule has 0 fully saturated rings. The fraction of sp³-hybridized carbons (Fsp3) is 0.154. The van der Waals surface area contributed by atoms with Crippen LogP contribution in [0.15, 0.2) is 41.6 Å². The molecule has 9 nitrogen and oxygen atoms in total. The molecule has 0 amide bonds. The molecular weight excluding hydrogens is 322 g/mol. The van der Waals surface area contributed by atoms with E-state index in [0.29, 0.717) is 16.5 Å². The Kier molecular flexibility index (Phi) is 3.98. The average molecular weight is 333 g/mol. The van der Waals surface area contributed by atoms with Crippen molar-refractivity contribution in [2.24, 2.45) is 0 Å². The van der Waals surface area contributed by atoms with Gasteiger partial charge in [0, 0.05) is 11.5 Å². The van der Waals surface area contributed by atoms with E-state index in [1.165, 1.54) is 24.2 Å². The molecular formula is C13H11N5O4S. The Morgan fingerprint density at radius 3 is 2.70 bits per heavy atom. The van der Waals surface area contributed by atoms with Crippen LogP contribution in [0.3, 0.4) is 0 Å². The van der Waals surface area contributed by atoms with Crippen molar-refractivity contribution >= 4 is 27.3 Å². The lowest BCUT2D eigenvalue weighted by molar-refractivity contribution is -0.383. The topological polar surface area (TPSA) is 113 Å². The summed E-state index contributed by atoms with van der Waals surface area (Å²) >= 11 is 0. The van der Waals surface area contributed by atoms with Gasteiger partial charge in [-0.25, -0.2) is 4.68 Å². The maximum atomic E-state index is 12.6. The van der Waals surface area contributed by atoms with E-state index in [0.717, 1.165) is 0 Å². The Bertz CT molecular complexity index is 897. The molecule has 3 aromatic rings. The minimum absolute atomic E-state index is 0.0289. The number of nitro benzene ring substituents is 1. The van der Waals surface area contributed by atoms with Gasteiger partial charge in [0.1, 0.15) is 18.0 Å². The van der Waals surface area contributed by atoms with Crippen molar-refractivity contribution in [2.45, 2.75) is 10.8 Å². The van der Waals surface area contributed by atoms with Crippen LogP contribution in [0.2, 0.25) is 0 Å². The smallest absolute Gasteiger partial charge is 0.278 e. The number of benzene rings is 2. The predicted molar refractivity (Wildman–Crippen MR) is 81.4 cm³/mol. The second-order valence-corrected chi connectivity index (χ2v) is 5.94. The molecule has 0 aliphatic rings. The molecule has 0 bridgehead atoms. The van der Waals surface area contributed by atoms with Gasteiger partial charge in [0.15, 0.2) is 0 Å². The highest BCUT2D eigenvalue weighted by Crippen LogP contribution is 2.38. The molecule has 1 atom stereocenters. The molecule has 2 aromatic carbocycles. The Morgan fingerprint density at radius 2 is 2.09 bits per heavy atom. The third-order valence-electron chi connectivity index (χ3n) is 3.23. The van der Waals surface area contributed by atoms with Crippen molar-refractivity contribution in [1.82, 2.24) is 20.2 Å². The Labute approximate surface area is 132 Å². The molecule has 3 rings (SSSR count). The number of hydrogen-bond acceptors (Lipinski definition) is 7. The molecule has 118 valence electrons. The van der Waals surface area contributed by atoms with Crippen molar-refractivity contribution in [3.8, 4) is 5.75 Å². The fourth-order valence-electron chi connectivity index (χ4n) is 2.26. The SMILES string of the molecule is COc1c(S(=O)Cn2cnnn2)cc([N+](=O)[O-])c2ccccc12. The highest BCUT2D eigenvalue weighted by molar-refractivity contribution is 7.84. The zero-order valence-electron chi connectivity index (χ0n) is 11.9. The van der Waals surface area contributed by atoms with E-state index in [9.17, 15) is 14.3 Å². The summed E-state index contributed by atoms with van der Waals surface area (Å²) in [6, 6.07) is 8.04. The summed E-state index contributed by atoms with van der Waals surface area (Å²) in [5.74, 6) is 0.316. The minimum Gasteiger partial charge on any atom is -0.495 e. The predicted octanol–water partition coefficient (Wildman–Crippen LogP) is 1.51. The monoisotopic (exact) mass is 333 g/mol. The first kappa shape index (κ1) is 15.0. The zero-order valence-corrected chi connectivity index (χ0v) is 12.8. The van der Waals surface area contributed by atoms with E-state index in [1.54, 1.807) is 24.3 Å². The summed E-state index contributed by atoms with van der Waals surface area (Å²) in [6.45, 7) is 0. The minimum atomic E-state index is -1.62. The lowest BCUT2D eigenvalue weighted by Gasteiger charge is -2.12. The molecule has 10 heteroatoms. The first-order valence-electron chi connectivity index (χ1n) is 6.45. The first-order valence-corrected chi connectivity index (χ1v) is 7.77. The van der Waals surface area contributed by atoms with Crippen molar-refractivity contribution in [3.05, 3.63) is 46.8 Å². The first-order chi connectivity index (χ1) is 11.1. The summed E-state index contributed by atoms with van der Waals surface area (Å²) < 4.78 is 19.2. The molecule has 0 saturated heterocycles. The van der Waals surface area contributed by atoms with Crippen LogP contribution in [0.4, 0.5) is 5.69 Å². The van der Waals surface area contributed by atoms with Gasteiger partial charge in [-0.3, -0.25) is 14.3 Å². The molecule has 1 unspecified atom stereocenters. The van der Waals surface area contributed by atoms with Crippen molar-refractivity contribution in [2.75, 3.05) is 7.11 Å². The normalized spacial score (nSPS) is 12.2. The number of non-ortho nitro benzene ring substituents is 1. The summed E-state index contributed by atoms with van der Waals surface area (Å²) in [6.07, 6.45) is 1.32. The van der Waals surface area contributed by atoms with E-state index in [2.05, 4.69) is 15.5 Å². The van der Waals surface area contributed by atoms with Crippen LogP contribution in [-0.2, 0) is 16.7 Å². The van der Waals surface area contributed by atoms with Crippen LogP contribution in [0.25, 0.3) is 10.8 Å². The summed E-state index contributed by atoms with van der Waals surface area (Å²) in [5.41, 5.74) is -0.124. The molecule has 0 aliphatic heterocycles. The van der Waals surface area contributed by atoms with Crippen molar-refractivity contribution in [3.63, 3.8) is 0 Å². The molecule has 1 heterocycles. The molecule has 0 radical (unpaired) electrons. The van der Waals surface area contributed by atoms with Gasteiger partial charge in [-0.1, -0.05) is 18.2 Å². The number of methoxy groups -OCH3 is 1. The Morgan fingerprint density at radius 1 is 1.35 bits per heavy atom. The second kappa shape index (κ2) is 6.08. The van der Waals surface area contributed by atoms with Crippen LogP contribution in [0, 0.1) is 10.1 Å². The molecule has 0 N–H and O–H groups in total. The van der Waals surface area contributed by atoms with Gasteiger partial charge in [-0.05, 0) is 16.5 Å². The lowest BCUT2D eigenvalue weighted by atomic mass is 10.1. The van der Waals surface area contributed by atoms with Crippen LogP contribution in [-0.4, -0.2) is 36.4 Å². The van der Waals surface area contributed by atoms with E-state index < -0.39 is 15.7 Å². The van der Waals surface area contributed by atoms with Gasteiger partial charge in [0.25, 0.3) is 5.69 Å². The average Bonchev–Trinajstić information content (AvgIpc) is 3.05. The third kappa shape index (κ3) is 2.75. The fourth-order valence-corrected chi connectivity index (χ4v) is 3.41. The number of aromatic nitrogens is 4. The number of ether oxygens (including phenoxy) is 1. The van der Waals surface area contributed by atoms with Gasteiger partial charge in [-0.15, -0.1) is 5.10 Å². The lowest BCUT2D eigenvalue weighted by Crippen LogP contribution is -2.08. The Balaban J connectivity index is 2.19. The van der Waals surface area contributed by atoms with E-state index in [1.807, 2.05) is 0 Å². The van der Waals surface area contributed by atoms with E-state index in [4.69, 9.17) is 4.74 Å². The van der Waals surface area contributed by atoms with Crippen LogP contribution < -0.4 is 4.74 Å². The number of tetrazole rings is 1. The molecule has 23 heavy (non-hydrogen) atoms. The van der Waals surface area contributed by atoms with Crippen molar-refractivity contribution in [1.29, 1.82) is 0 Å².